The molecule has 3 nitrogen and oxygen atoms in total. The molecule has 24 heavy (non-hydrogen) atoms. The van der Waals surface area contributed by atoms with E-state index in [0.29, 0.717) is 12.6 Å². The first-order valence-corrected chi connectivity index (χ1v) is 8.66. The third kappa shape index (κ3) is 4.05. The average Bonchev–Trinajstić information content (AvgIpc) is 3.03. The molecule has 0 saturated carbocycles. The van der Waals surface area contributed by atoms with Crippen molar-refractivity contribution >= 4 is 6.08 Å². The zero-order valence-corrected chi connectivity index (χ0v) is 14.3. The Bertz CT molecular complexity index is 691. The molecule has 0 fully saturated rings. The molecular weight excluding hydrogens is 296 g/mol. The van der Waals surface area contributed by atoms with E-state index in [1.807, 2.05) is 18.2 Å². The molecule has 0 bridgehead atoms. The minimum atomic E-state index is 0.478. The predicted molar refractivity (Wildman–Crippen MR) is 100 cm³/mol. The number of ether oxygens (including phenoxy) is 1. The number of rotatable bonds is 7. The first-order chi connectivity index (χ1) is 11.8. The Labute approximate surface area is 144 Å². The molecule has 0 heterocycles. The van der Waals surface area contributed by atoms with Gasteiger partial charge in [0.25, 0.3) is 0 Å². The molecule has 1 aliphatic rings. The van der Waals surface area contributed by atoms with Crippen LogP contribution in [0.1, 0.15) is 34.7 Å². The van der Waals surface area contributed by atoms with E-state index in [2.05, 4.69) is 41.7 Å². The molecule has 3 heteroatoms. The zero-order valence-electron chi connectivity index (χ0n) is 14.3. The van der Waals surface area contributed by atoms with Crippen LogP contribution in [0, 0.1) is 0 Å². The van der Waals surface area contributed by atoms with E-state index in [1.54, 1.807) is 7.11 Å². The summed E-state index contributed by atoms with van der Waals surface area (Å²) in [5, 5.41) is 3.71. The molecule has 2 aromatic carbocycles. The average molecular weight is 322 g/mol. The van der Waals surface area contributed by atoms with Crippen molar-refractivity contribution in [1.29, 1.82) is 0 Å². The lowest BCUT2D eigenvalue weighted by Gasteiger charge is -2.14. The highest BCUT2D eigenvalue weighted by atomic mass is 16.5. The van der Waals surface area contributed by atoms with Gasteiger partial charge in [-0.3, -0.25) is 0 Å². The van der Waals surface area contributed by atoms with Gasteiger partial charge in [-0.15, -0.1) is 0 Å². The minimum Gasteiger partial charge on any atom is -0.497 e. The van der Waals surface area contributed by atoms with Crippen LogP contribution in [0.25, 0.3) is 6.08 Å². The van der Waals surface area contributed by atoms with Crippen molar-refractivity contribution in [2.24, 2.45) is 5.73 Å². The molecule has 0 amide bonds. The van der Waals surface area contributed by atoms with Crippen molar-refractivity contribution < 1.29 is 4.74 Å². The molecular formula is C21H26N2O. The largest absolute Gasteiger partial charge is 0.497 e. The van der Waals surface area contributed by atoms with Crippen molar-refractivity contribution in [2.75, 3.05) is 20.2 Å². The van der Waals surface area contributed by atoms with Gasteiger partial charge in [-0.25, -0.2) is 0 Å². The third-order valence-corrected chi connectivity index (χ3v) is 4.65. The highest BCUT2D eigenvalue weighted by molar-refractivity contribution is 5.53. The van der Waals surface area contributed by atoms with Crippen molar-refractivity contribution in [3.8, 4) is 5.75 Å². The number of nitrogens with two attached hydrogens (primary N) is 1. The number of benzene rings is 2. The molecule has 1 unspecified atom stereocenters. The highest BCUT2D eigenvalue weighted by Gasteiger charge is 2.21. The van der Waals surface area contributed by atoms with Gasteiger partial charge < -0.3 is 15.8 Å². The van der Waals surface area contributed by atoms with Crippen molar-refractivity contribution in [3.63, 3.8) is 0 Å². The van der Waals surface area contributed by atoms with Crippen molar-refractivity contribution in [1.82, 2.24) is 5.32 Å². The van der Waals surface area contributed by atoms with Gasteiger partial charge in [0.2, 0.25) is 0 Å². The second-order valence-corrected chi connectivity index (χ2v) is 6.24. The van der Waals surface area contributed by atoms with E-state index < -0.39 is 0 Å². The molecule has 3 N–H and O–H groups in total. The van der Waals surface area contributed by atoms with Crippen LogP contribution in [0.4, 0.5) is 0 Å². The molecule has 3 rings (SSSR count). The topological polar surface area (TPSA) is 47.3 Å². The highest BCUT2D eigenvalue weighted by Crippen LogP contribution is 2.32. The molecule has 0 radical (unpaired) electrons. The Morgan fingerprint density at radius 3 is 2.79 bits per heavy atom. The molecule has 0 aliphatic heterocycles. The lowest BCUT2D eigenvalue weighted by atomic mass is 10.0. The van der Waals surface area contributed by atoms with Gasteiger partial charge in [-0.1, -0.05) is 42.5 Å². The Morgan fingerprint density at radius 2 is 2.04 bits per heavy atom. The van der Waals surface area contributed by atoms with E-state index in [9.17, 15) is 0 Å². The maximum Gasteiger partial charge on any atom is 0.118 e. The molecule has 0 spiro atoms. The van der Waals surface area contributed by atoms with Crippen molar-refractivity contribution in [3.05, 3.63) is 70.8 Å². The summed E-state index contributed by atoms with van der Waals surface area (Å²) in [4.78, 5) is 0. The van der Waals surface area contributed by atoms with Crippen molar-refractivity contribution in [2.45, 2.75) is 25.3 Å². The van der Waals surface area contributed by atoms with Crippen LogP contribution in [-0.2, 0) is 12.8 Å². The summed E-state index contributed by atoms with van der Waals surface area (Å²) in [6, 6.07) is 15.6. The second kappa shape index (κ2) is 8.13. The Balaban J connectivity index is 1.55. The third-order valence-electron chi connectivity index (χ3n) is 4.65. The first-order valence-electron chi connectivity index (χ1n) is 8.66. The second-order valence-electron chi connectivity index (χ2n) is 6.24. The maximum absolute atomic E-state index is 5.53. The molecule has 1 aliphatic carbocycles. The lowest BCUT2D eigenvalue weighted by molar-refractivity contribution is 0.414. The molecule has 0 saturated heterocycles. The summed E-state index contributed by atoms with van der Waals surface area (Å²) in [7, 11) is 1.70. The summed E-state index contributed by atoms with van der Waals surface area (Å²) < 4.78 is 5.20. The van der Waals surface area contributed by atoms with E-state index in [4.69, 9.17) is 10.5 Å². The summed E-state index contributed by atoms with van der Waals surface area (Å²) >= 11 is 0. The Morgan fingerprint density at radius 1 is 1.21 bits per heavy atom. The SMILES string of the molecule is COc1ccc(CCNC2CCc3cc(/C=C/CN)ccc32)cc1. The minimum absolute atomic E-state index is 0.478. The number of hydrogen-bond donors (Lipinski definition) is 2. The standard InChI is InChI=1S/C21H26N2O/c1-24-19-8-4-16(5-9-19)12-14-23-21-11-7-18-15-17(3-2-13-22)6-10-20(18)21/h2-6,8-10,15,21,23H,7,11-14,22H2,1H3/b3-2+. The Hall–Kier alpha value is -2.10. The quantitative estimate of drug-likeness (QED) is 0.820. The molecule has 1 atom stereocenters. The summed E-state index contributed by atoms with van der Waals surface area (Å²) in [6.45, 7) is 1.58. The Kier molecular flexibility index (Phi) is 5.68. The normalized spacial score (nSPS) is 16.5. The van der Waals surface area contributed by atoms with Crippen LogP contribution in [0.2, 0.25) is 0 Å². The number of fused-ring (bicyclic) bond motifs is 1. The number of methoxy groups -OCH3 is 1. The van der Waals surface area contributed by atoms with Crippen LogP contribution in [0.5, 0.6) is 5.75 Å². The maximum atomic E-state index is 5.53. The van der Waals surface area contributed by atoms with Crippen LogP contribution in [-0.4, -0.2) is 20.2 Å². The van der Waals surface area contributed by atoms with Gasteiger partial charge in [0, 0.05) is 12.6 Å². The van der Waals surface area contributed by atoms with E-state index in [1.165, 1.54) is 28.7 Å². The van der Waals surface area contributed by atoms with Gasteiger partial charge >= 0.3 is 0 Å². The number of hydrogen-bond acceptors (Lipinski definition) is 3. The summed E-state index contributed by atoms with van der Waals surface area (Å²) in [5.41, 5.74) is 11.0. The number of nitrogens with one attached hydrogen (secondary N) is 1. The van der Waals surface area contributed by atoms with E-state index >= 15 is 0 Å². The fraction of sp³-hybridized carbons (Fsp3) is 0.333. The summed E-state index contributed by atoms with van der Waals surface area (Å²) in [5.74, 6) is 0.913. The van der Waals surface area contributed by atoms with Crippen LogP contribution >= 0.6 is 0 Å². The molecule has 126 valence electrons. The molecule has 2 aromatic rings. The van der Waals surface area contributed by atoms with Gasteiger partial charge in [0.15, 0.2) is 0 Å². The van der Waals surface area contributed by atoms with Crippen LogP contribution < -0.4 is 15.8 Å². The van der Waals surface area contributed by atoms with E-state index in [0.717, 1.165) is 25.1 Å². The number of aryl methyl sites for hydroxylation is 1. The fourth-order valence-corrected chi connectivity index (χ4v) is 3.34. The zero-order chi connectivity index (χ0) is 16.8. The summed E-state index contributed by atoms with van der Waals surface area (Å²) in [6.07, 6.45) is 7.47. The first kappa shape index (κ1) is 16.7. The monoisotopic (exact) mass is 322 g/mol. The fourth-order valence-electron chi connectivity index (χ4n) is 3.34. The van der Waals surface area contributed by atoms with Gasteiger partial charge in [-0.05, 0) is 60.2 Å². The van der Waals surface area contributed by atoms with Crippen LogP contribution in [0.3, 0.4) is 0 Å². The molecule has 0 aromatic heterocycles. The van der Waals surface area contributed by atoms with E-state index in [-0.39, 0.29) is 0 Å². The van der Waals surface area contributed by atoms with Crippen LogP contribution in [0.15, 0.2) is 48.5 Å². The predicted octanol–water partition coefficient (Wildman–Crippen LogP) is 3.49. The van der Waals surface area contributed by atoms with Gasteiger partial charge in [-0.2, -0.15) is 0 Å². The lowest BCUT2D eigenvalue weighted by Crippen LogP contribution is -2.21. The van der Waals surface area contributed by atoms with Gasteiger partial charge in [0.05, 0.1) is 7.11 Å². The van der Waals surface area contributed by atoms with Gasteiger partial charge in [0.1, 0.15) is 5.75 Å². The smallest absolute Gasteiger partial charge is 0.118 e.